The standard InChI is InChI=1S/C13H4N6/c14-4-10(12(6-16)7-17)2-1-3-11(5-15)13(8-18)9-19/h1-3,16H. The topological polar surface area (TPSA) is 143 Å². The molecule has 0 bridgehead atoms. The molecule has 0 unspecified atom stereocenters. The third-order valence-electron chi connectivity index (χ3n) is 1.77. The third-order valence-corrected chi connectivity index (χ3v) is 1.77. The van der Waals surface area contributed by atoms with Gasteiger partial charge in [0.2, 0.25) is 0 Å². The van der Waals surface area contributed by atoms with E-state index in [0.717, 1.165) is 6.08 Å². The van der Waals surface area contributed by atoms with Gasteiger partial charge in [0.25, 0.3) is 0 Å². The second-order valence-electron chi connectivity index (χ2n) is 2.79. The molecule has 0 saturated heterocycles. The molecule has 0 aliphatic rings. The van der Waals surface area contributed by atoms with Crippen LogP contribution in [0.4, 0.5) is 0 Å². The van der Waals surface area contributed by atoms with Crippen molar-refractivity contribution in [3.63, 3.8) is 0 Å². The van der Waals surface area contributed by atoms with Crippen LogP contribution in [-0.4, -0.2) is 5.87 Å². The molecule has 0 radical (unpaired) electrons. The number of rotatable bonds is 3. The van der Waals surface area contributed by atoms with Gasteiger partial charge in [0.1, 0.15) is 41.5 Å². The van der Waals surface area contributed by atoms with Crippen LogP contribution in [0.3, 0.4) is 0 Å². The summed E-state index contributed by atoms with van der Waals surface area (Å²) < 4.78 is 0. The van der Waals surface area contributed by atoms with E-state index in [9.17, 15) is 0 Å². The van der Waals surface area contributed by atoms with Gasteiger partial charge < -0.3 is 0 Å². The predicted octanol–water partition coefficient (Wildman–Crippen LogP) is 1.56. The fourth-order valence-corrected chi connectivity index (χ4v) is 0.895. The lowest BCUT2D eigenvalue weighted by atomic mass is 10.1. The molecule has 6 heteroatoms. The summed E-state index contributed by atoms with van der Waals surface area (Å²) in [7, 11) is 0. The molecule has 0 amide bonds. The first-order chi connectivity index (χ1) is 9.18. The van der Waals surface area contributed by atoms with Crippen LogP contribution in [0.1, 0.15) is 0 Å². The minimum Gasteiger partial charge on any atom is -0.258 e. The van der Waals surface area contributed by atoms with Crippen molar-refractivity contribution < 1.29 is 0 Å². The minimum atomic E-state index is -0.353. The largest absolute Gasteiger partial charge is 0.258 e. The Morgan fingerprint density at radius 3 is 1.84 bits per heavy atom. The Hall–Kier alpha value is -3.88. The zero-order chi connectivity index (χ0) is 14.7. The summed E-state index contributed by atoms with van der Waals surface area (Å²) in [6, 6.07) is 8.09. The highest BCUT2D eigenvalue weighted by Crippen LogP contribution is 2.07. The number of hydrogen-bond acceptors (Lipinski definition) is 6. The van der Waals surface area contributed by atoms with E-state index in [4.69, 9.17) is 31.7 Å². The fraction of sp³-hybridized carbons (Fsp3) is 0. The van der Waals surface area contributed by atoms with Gasteiger partial charge in [-0.2, -0.15) is 26.3 Å². The molecule has 0 fully saturated rings. The summed E-state index contributed by atoms with van der Waals surface area (Å²) >= 11 is 0. The molecule has 0 rings (SSSR count). The lowest BCUT2D eigenvalue weighted by Gasteiger charge is -1.89. The van der Waals surface area contributed by atoms with Crippen LogP contribution in [0.25, 0.3) is 0 Å². The maximum Gasteiger partial charge on any atom is 0.147 e. The Bertz CT molecular complexity index is 706. The number of nitrogens with one attached hydrogen (secondary N) is 1. The predicted molar refractivity (Wildman–Crippen MR) is 63.6 cm³/mol. The second-order valence-corrected chi connectivity index (χ2v) is 2.79. The molecule has 0 aliphatic heterocycles. The Labute approximate surface area is 109 Å². The fourth-order valence-electron chi connectivity index (χ4n) is 0.895. The van der Waals surface area contributed by atoms with Crippen molar-refractivity contribution in [3.05, 3.63) is 40.5 Å². The van der Waals surface area contributed by atoms with Gasteiger partial charge in [-0.15, -0.1) is 0 Å². The van der Waals surface area contributed by atoms with E-state index in [1.807, 2.05) is 0 Å². The summed E-state index contributed by atoms with van der Waals surface area (Å²) in [5.74, 6) is 1.80. The van der Waals surface area contributed by atoms with Gasteiger partial charge in [0.05, 0.1) is 11.1 Å². The van der Waals surface area contributed by atoms with Crippen molar-refractivity contribution in [1.82, 2.24) is 0 Å². The van der Waals surface area contributed by atoms with E-state index in [0.29, 0.717) is 0 Å². The summed E-state index contributed by atoms with van der Waals surface area (Å²) in [5.41, 5.74) is -0.874. The maximum atomic E-state index is 8.75. The van der Waals surface area contributed by atoms with Crippen molar-refractivity contribution in [1.29, 1.82) is 31.7 Å². The zero-order valence-electron chi connectivity index (χ0n) is 9.47. The maximum absolute atomic E-state index is 8.75. The molecule has 0 spiro atoms. The third kappa shape index (κ3) is 4.24. The molecule has 1 N–H and O–H groups in total. The Kier molecular flexibility index (Phi) is 6.60. The normalized spacial score (nSPS) is 8.89. The summed E-state index contributed by atoms with van der Waals surface area (Å²) in [6.07, 6.45) is 3.59. The van der Waals surface area contributed by atoms with E-state index in [2.05, 4.69) is 0 Å². The molecule has 0 aromatic heterocycles. The summed E-state index contributed by atoms with van der Waals surface area (Å²) in [4.78, 5) is 0. The Balaban J connectivity index is 5.55. The number of nitriles is 5. The molecule has 19 heavy (non-hydrogen) atoms. The summed E-state index contributed by atoms with van der Waals surface area (Å²) in [6.45, 7) is 0. The van der Waals surface area contributed by atoms with Gasteiger partial charge in [0.15, 0.2) is 0 Å². The van der Waals surface area contributed by atoms with Gasteiger partial charge in [-0.25, -0.2) is 0 Å². The molecule has 0 saturated carbocycles. The van der Waals surface area contributed by atoms with Gasteiger partial charge in [-0.3, -0.25) is 5.41 Å². The first kappa shape index (κ1) is 15.1. The quantitative estimate of drug-likeness (QED) is 0.455. The molecule has 0 aromatic rings. The molecule has 0 heterocycles. The monoisotopic (exact) mass is 244 g/mol. The Morgan fingerprint density at radius 2 is 1.47 bits per heavy atom. The van der Waals surface area contributed by atoms with Crippen molar-refractivity contribution in [3.8, 4) is 30.3 Å². The highest BCUT2D eigenvalue weighted by Gasteiger charge is 2.03. The van der Waals surface area contributed by atoms with Crippen LogP contribution in [0.5, 0.6) is 0 Å². The zero-order valence-corrected chi connectivity index (χ0v) is 9.47. The lowest BCUT2D eigenvalue weighted by Crippen LogP contribution is -1.84. The van der Waals surface area contributed by atoms with Crippen LogP contribution in [0.2, 0.25) is 0 Å². The highest BCUT2D eigenvalue weighted by atomic mass is 14.3. The number of hydrogen-bond donors (Lipinski definition) is 1. The molecular formula is C13H4N6. The van der Waals surface area contributed by atoms with Crippen molar-refractivity contribution in [2.75, 3.05) is 0 Å². The average molecular weight is 244 g/mol. The van der Waals surface area contributed by atoms with Crippen molar-refractivity contribution >= 4 is 5.87 Å². The van der Waals surface area contributed by atoms with E-state index in [1.54, 1.807) is 36.2 Å². The van der Waals surface area contributed by atoms with Gasteiger partial charge in [0, 0.05) is 0 Å². The van der Waals surface area contributed by atoms with Gasteiger partial charge in [-0.1, -0.05) is 6.08 Å². The van der Waals surface area contributed by atoms with Crippen LogP contribution >= 0.6 is 0 Å². The molecular weight excluding hydrogens is 240 g/mol. The second kappa shape index (κ2) is 8.29. The van der Waals surface area contributed by atoms with Crippen molar-refractivity contribution in [2.24, 2.45) is 0 Å². The first-order valence-electron chi connectivity index (χ1n) is 4.61. The molecule has 6 nitrogen and oxygen atoms in total. The summed E-state index contributed by atoms with van der Waals surface area (Å²) in [5, 5.41) is 50.1. The first-order valence-corrected chi connectivity index (χ1v) is 4.61. The molecule has 0 atom stereocenters. The SMILES string of the molecule is N#CC(=C=N)C(C#N)=CC=CC(C#N)=C(C#N)C#N. The van der Waals surface area contributed by atoms with E-state index >= 15 is 0 Å². The minimum absolute atomic E-state index is 0.110. The van der Waals surface area contributed by atoms with E-state index in [1.165, 1.54) is 12.2 Å². The Morgan fingerprint density at radius 1 is 0.842 bits per heavy atom. The van der Waals surface area contributed by atoms with Crippen LogP contribution in [0.15, 0.2) is 40.5 Å². The number of allylic oxidation sites excluding steroid dienone is 7. The van der Waals surface area contributed by atoms with Gasteiger partial charge in [-0.05, 0) is 18.0 Å². The van der Waals surface area contributed by atoms with Crippen LogP contribution in [-0.2, 0) is 0 Å². The average Bonchev–Trinajstić information content (AvgIpc) is 2.45. The number of nitrogens with zero attached hydrogens (tertiary/aromatic N) is 5. The van der Waals surface area contributed by atoms with E-state index < -0.39 is 0 Å². The van der Waals surface area contributed by atoms with Crippen molar-refractivity contribution in [2.45, 2.75) is 0 Å². The highest BCUT2D eigenvalue weighted by molar-refractivity contribution is 5.72. The smallest absolute Gasteiger partial charge is 0.147 e. The lowest BCUT2D eigenvalue weighted by molar-refractivity contribution is 1.42. The molecule has 0 aliphatic carbocycles. The molecule has 0 aromatic carbocycles. The van der Waals surface area contributed by atoms with Gasteiger partial charge >= 0.3 is 0 Å². The molecule has 86 valence electrons. The van der Waals surface area contributed by atoms with Crippen LogP contribution < -0.4 is 0 Å². The van der Waals surface area contributed by atoms with Crippen LogP contribution in [0, 0.1) is 62.1 Å². The van der Waals surface area contributed by atoms with E-state index in [-0.39, 0.29) is 22.3 Å².